The highest BCUT2D eigenvalue weighted by atomic mass is 35.5. The van der Waals surface area contributed by atoms with Gasteiger partial charge in [-0.05, 0) is 36.8 Å². The third kappa shape index (κ3) is 2.82. The fourth-order valence-electron chi connectivity index (χ4n) is 1.99. The van der Waals surface area contributed by atoms with Crippen LogP contribution >= 0.6 is 11.6 Å². The number of benzene rings is 1. The minimum absolute atomic E-state index is 0.148. The zero-order valence-corrected chi connectivity index (χ0v) is 11.4. The number of nitrogens with one attached hydrogen (secondary N) is 1. The minimum Gasteiger partial charge on any atom is -0.478 e. The molecule has 2 N–H and O–H groups in total. The Balaban J connectivity index is 2.42. The molecule has 1 unspecified atom stereocenters. The maximum Gasteiger partial charge on any atom is 0.337 e. The maximum atomic E-state index is 11.3. The molecular formula is C15H12ClNO3. The molecule has 1 atom stereocenters. The van der Waals surface area contributed by atoms with E-state index in [1.807, 2.05) is 5.94 Å². The molecule has 0 spiro atoms. The number of carboxylic acid groups (broad SMARTS) is 1. The normalized spacial score (nSPS) is 17.4. The molecular weight excluding hydrogens is 278 g/mol. The molecule has 20 heavy (non-hydrogen) atoms. The lowest BCUT2D eigenvalue weighted by Gasteiger charge is -2.21. The van der Waals surface area contributed by atoms with E-state index in [1.54, 1.807) is 37.3 Å². The zero-order chi connectivity index (χ0) is 14.7. The van der Waals surface area contributed by atoms with E-state index in [9.17, 15) is 14.7 Å². The van der Waals surface area contributed by atoms with E-state index in [-0.39, 0.29) is 5.56 Å². The van der Waals surface area contributed by atoms with Crippen LogP contribution < -0.4 is 5.32 Å². The molecule has 0 aliphatic heterocycles. The van der Waals surface area contributed by atoms with Crippen molar-refractivity contribution >= 4 is 29.2 Å². The van der Waals surface area contributed by atoms with Gasteiger partial charge in [-0.2, -0.15) is 0 Å². The molecule has 0 heterocycles. The van der Waals surface area contributed by atoms with Crippen molar-refractivity contribution in [1.82, 2.24) is 0 Å². The van der Waals surface area contributed by atoms with Gasteiger partial charge in [-0.3, -0.25) is 0 Å². The Labute approximate surface area is 121 Å². The number of carboxylic acids is 1. The maximum absolute atomic E-state index is 11.3. The zero-order valence-electron chi connectivity index (χ0n) is 10.7. The van der Waals surface area contributed by atoms with Gasteiger partial charge in [-0.15, -0.1) is 0 Å². The number of hydrogen-bond acceptors (Lipinski definition) is 3. The number of para-hydroxylation sites is 1. The van der Waals surface area contributed by atoms with Crippen LogP contribution in [0.2, 0.25) is 0 Å². The number of carbonyl (C=O) groups is 1. The third-order valence-corrected chi connectivity index (χ3v) is 3.26. The van der Waals surface area contributed by atoms with Crippen LogP contribution in [0.4, 0.5) is 5.69 Å². The number of aromatic carboxylic acids is 1. The van der Waals surface area contributed by atoms with E-state index < -0.39 is 12.0 Å². The molecule has 0 aromatic heterocycles. The molecule has 0 fully saturated rings. The van der Waals surface area contributed by atoms with E-state index in [4.69, 9.17) is 11.6 Å². The van der Waals surface area contributed by atoms with Crippen LogP contribution in [0.3, 0.4) is 0 Å². The molecule has 1 aromatic carbocycles. The second-order valence-electron chi connectivity index (χ2n) is 4.37. The first-order chi connectivity index (χ1) is 9.52. The lowest BCUT2D eigenvalue weighted by molar-refractivity contribution is 0.0698. The number of hydrogen-bond donors (Lipinski definition) is 2. The Bertz CT molecular complexity index is 670. The monoisotopic (exact) mass is 289 g/mol. The van der Waals surface area contributed by atoms with Crippen molar-refractivity contribution in [2.75, 3.05) is 5.32 Å². The average Bonchev–Trinajstić information content (AvgIpc) is 2.41. The molecule has 0 saturated heterocycles. The van der Waals surface area contributed by atoms with Crippen molar-refractivity contribution in [3.05, 3.63) is 58.2 Å². The number of halogens is 1. The van der Waals surface area contributed by atoms with E-state index in [1.165, 1.54) is 6.07 Å². The molecule has 0 bridgehead atoms. The van der Waals surface area contributed by atoms with Crippen molar-refractivity contribution < 1.29 is 14.7 Å². The summed E-state index contributed by atoms with van der Waals surface area (Å²) >= 11 is 5.92. The van der Waals surface area contributed by atoms with Crippen molar-refractivity contribution in [3.63, 3.8) is 0 Å². The van der Waals surface area contributed by atoms with Crippen LogP contribution in [0.1, 0.15) is 15.9 Å². The standard InChI is InChI=1S/C15H12ClNO3/c1-9-3-2-4-12(15(19)20)14(9)17-13-7-11(16)6-5-10(13)8-18/h2-7,13,17H,1H3,(H,19,20). The lowest BCUT2D eigenvalue weighted by Crippen LogP contribution is -2.23. The van der Waals surface area contributed by atoms with Gasteiger partial charge in [-0.1, -0.05) is 23.7 Å². The van der Waals surface area contributed by atoms with Gasteiger partial charge in [0.25, 0.3) is 0 Å². The number of allylic oxidation sites excluding steroid dienone is 2. The van der Waals surface area contributed by atoms with Crippen LogP contribution in [0.15, 0.2) is 47.0 Å². The Kier molecular flexibility index (Phi) is 4.08. The Morgan fingerprint density at radius 1 is 1.40 bits per heavy atom. The molecule has 0 amide bonds. The predicted molar refractivity (Wildman–Crippen MR) is 77.8 cm³/mol. The molecule has 1 aliphatic rings. The minimum atomic E-state index is -1.03. The molecule has 0 radical (unpaired) electrons. The van der Waals surface area contributed by atoms with E-state index in [2.05, 4.69) is 5.32 Å². The third-order valence-electron chi connectivity index (χ3n) is 3.00. The summed E-state index contributed by atoms with van der Waals surface area (Å²) in [6.45, 7) is 1.79. The van der Waals surface area contributed by atoms with Crippen molar-refractivity contribution in [2.45, 2.75) is 13.0 Å². The van der Waals surface area contributed by atoms with Crippen LogP contribution in [0.25, 0.3) is 0 Å². The van der Waals surface area contributed by atoms with Crippen molar-refractivity contribution in [2.24, 2.45) is 0 Å². The summed E-state index contributed by atoms with van der Waals surface area (Å²) in [5.74, 6) is 0.797. The van der Waals surface area contributed by atoms with Crippen LogP contribution in [-0.4, -0.2) is 23.1 Å². The number of rotatable bonds is 3. The van der Waals surface area contributed by atoms with E-state index in [0.29, 0.717) is 16.3 Å². The van der Waals surface area contributed by atoms with Gasteiger partial charge in [0.2, 0.25) is 0 Å². The van der Waals surface area contributed by atoms with Crippen LogP contribution in [0, 0.1) is 6.92 Å². The Hall–Kier alpha value is -2.29. The first kappa shape index (κ1) is 14.1. The van der Waals surface area contributed by atoms with Crippen molar-refractivity contribution in [1.29, 1.82) is 0 Å². The quantitative estimate of drug-likeness (QED) is 0.840. The van der Waals surface area contributed by atoms with Gasteiger partial charge in [0.05, 0.1) is 22.9 Å². The summed E-state index contributed by atoms with van der Waals surface area (Å²) in [4.78, 5) is 22.2. The summed E-state index contributed by atoms with van der Waals surface area (Å²) in [6.07, 6.45) is 4.79. The van der Waals surface area contributed by atoms with E-state index in [0.717, 1.165) is 5.56 Å². The second kappa shape index (κ2) is 5.78. The molecule has 102 valence electrons. The predicted octanol–water partition coefficient (Wildman–Crippen LogP) is 2.92. The van der Waals surface area contributed by atoms with Gasteiger partial charge in [0.1, 0.15) is 5.94 Å². The highest BCUT2D eigenvalue weighted by molar-refractivity contribution is 6.31. The lowest BCUT2D eigenvalue weighted by atomic mass is 10.0. The van der Waals surface area contributed by atoms with Crippen molar-refractivity contribution in [3.8, 4) is 0 Å². The fraction of sp³-hybridized carbons (Fsp3) is 0.133. The van der Waals surface area contributed by atoms with Gasteiger partial charge in [0.15, 0.2) is 0 Å². The number of carbonyl (C=O) groups excluding carboxylic acids is 1. The van der Waals surface area contributed by atoms with Gasteiger partial charge < -0.3 is 10.4 Å². The first-order valence-corrected chi connectivity index (χ1v) is 6.30. The Morgan fingerprint density at radius 2 is 2.15 bits per heavy atom. The SMILES string of the molecule is Cc1cccc(C(=O)O)c1NC1C=C(Cl)C=CC1=C=O. The average molecular weight is 290 g/mol. The van der Waals surface area contributed by atoms with Gasteiger partial charge in [0, 0.05) is 5.03 Å². The number of aryl methyl sites for hydroxylation is 1. The molecule has 4 nitrogen and oxygen atoms in total. The van der Waals surface area contributed by atoms with Crippen LogP contribution in [0.5, 0.6) is 0 Å². The largest absolute Gasteiger partial charge is 0.478 e. The summed E-state index contributed by atoms with van der Waals surface area (Å²) < 4.78 is 0. The molecule has 0 saturated carbocycles. The summed E-state index contributed by atoms with van der Waals surface area (Å²) in [5.41, 5.74) is 1.76. The fourth-order valence-corrected chi connectivity index (χ4v) is 2.18. The summed E-state index contributed by atoms with van der Waals surface area (Å²) in [6, 6.07) is 4.48. The van der Waals surface area contributed by atoms with Gasteiger partial charge >= 0.3 is 5.97 Å². The second-order valence-corrected chi connectivity index (χ2v) is 4.80. The Morgan fingerprint density at radius 3 is 2.80 bits per heavy atom. The van der Waals surface area contributed by atoms with Crippen LogP contribution in [-0.2, 0) is 4.79 Å². The smallest absolute Gasteiger partial charge is 0.337 e. The summed E-state index contributed by atoms with van der Waals surface area (Å²) in [5, 5.41) is 12.7. The highest BCUT2D eigenvalue weighted by Crippen LogP contribution is 2.26. The molecule has 1 aromatic rings. The first-order valence-electron chi connectivity index (χ1n) is 5.92. The molecule has 2 rings (SSSR count). The number of anilines is 1. The summed E-state index contributed by atoms with van der Waals surface area (Å²) in [7, 11) is 0. The highest BCUT2D eigenvalue weighted by Gasteiger charge is 2.19. The molecule has 5 heteroatoms. The molecule has 1 aliphatic carbocycles. The topological polar surface area (TPSA) is 66.4 Å². The van der Waals surface area contributed by atoms with E-state index >= 15 is 0 Å². The van der Waals surface area contributed by atoms with Gasteiger partial charge in [-0.25, -0.2) is 9.59 Å².